The third-order valence-electron chi connectivity index (χ3n) is 2.64. The standard InChI is InChI=1S/C11H23NO/c1-4-11(3)12(5-2)9-7-6-8-10-13/h10-11H,4-9H2,1-3H3. The Bertz CT molecular complexity index is 125. The van der Waals surface area contributed by atoms with Crippen molar-refractivity contribution in [3.63, 3.8) is 0 Å². The Balaban J connectivity index is 3.52. The zero-order valence-corrected chi connectivity index (χ0v) is 9.25. The lowest BCUT2D eigenvalue weighted by Crippen LogP contribution is -2.33. The average Bonchev–Trinajstić information content (AvgIpc) is 2.17. The first-order valence-electron chi connectivity index (χ1n) is 5.43. The predicted octanol–water partition coefficient (Wildman–Crippen LogP) is 2.48. The smallest absolute Gasteiger partial charge is 0.119 e. The van der Waals surface area contributed by atoms with Crippen LogP contribution in [-0.4, -0.2) is 30.3 Å². The molecule has 0 amide bonds. The summed E-state index contributed by atoms with van der Waals surface area (Å²) in [4.78, 5) is 12.6. The molecular formula is C11H23NO. The summed E-state index contributed by atoms with van der Waals surface area (Å²) in [7, 11) is 0. The van der Waals surface area contributed by atoms with E-state index in [2.05, 4.69) is 25.7 Å². The number of carbonyl (C=O) groups excluding carboxylic acids is 1. The van der Waals surface area contributed by atoms with Gasteiger partial charge in [-0.15, -0.1) is 0 Å². The summed E-state index contributed by atoms with van der Waals surface area (Å²) >= 11 is 0. The Hall–Kier alpha value is -0.370. The van der Waals surface area contributed by atoms with E-state index in [1.807, 2.05) is 0 Å². The zero-order chi connectivity index (χ0) is 10.1. The van der Waals surface area contributed by atoms with Gasteiger partial charge in [0.25, 0.3) is 0 Å². The van der Waals surface area contributed by atoms with Gasteiger partial charge in [-0.05, 0) is 39.3 Å². The van der Waals surface area contributed by atoms with E-state index in [4.69, 9.17) is 0 Å². The molecular weight excluding hydrogens is 162 g/mol. The lowest BCUT2D eigenvalue weighted by atomic mass is 10.2. The molecule has 0 fully saturated rings. The van der Waals surface area contributed by atoms with Crippen molar-refractivity contribution in [1.82, 2.24) is 4.90 Å². The van der Waals surface area contributed by atoms with E-state index in [0.717, 1.165) is 38.6 Å². The minimum atomic E-state index is 0.682. The number of aldehydes is 1. The van der Waals surface area contributed by atoms with Crippen LogP contribution in [0.2, 0.25) is 0 Å². The molecule has 0 radical (unpaired) electrons. The van der Waals surface area contributed by atoms with Gasteiger partial charge in [0.1, 0.15) is 6.29 Å². The van der Waals surface area contributed by atoms with Crippen molar-refractivity contribution < 1.29 is 4.79 Å². The maximum atomic E-state index is 10.1. The number of carbonyl (C=O) groups is 1. The monoisotopic (exact) mass is 185 g/mol. The summed E-state index contributed by atoms with van der Waals surface area (Å²) in [5.41, 5.74) is 0. The van der Waals surface area contributed by atoms with E-state index in [1.165, 1.54) is 6.42 Å². The molecule has 0 N–H and O–H groups in total. The third kappa shape index (κ3) is 5.81. The Labute approximate surface area is 82.3 Å². The molecule has 0 saturated carbocycles. The number of unbranched alkanes of at least 4 members (excludes halogenated alkanes) is 2. The second-order valence-electron chi connectivity index (χ2n) is 3.55. The SMILES string of the molecule is CCC(C)N(CC)CCCCC=O. The number of rotatable bonds is 8. The van der Waals surface area contributed by atoms with Crippen molar-refractivity contribution in [2.75, 3.05) is 13.1 Å². The second kappa shape index (κ2) is 8.24. The van der Waals surface area contributed by atoms with Crippen LogP contribution >= 0.6 is 0 Å². The number of nitrogens with zero attached hydrogens (tertiary/aromatic N) is 1. The molecule has 0 heterocycles. The van der Waals surface area contributed by atoms with E-state index in [-0.39, 0.29) is 0 Å². The fraction of sp³-hybridized carbons (Fsp3) is 0.909. The van der Waals surface area contributed by atoms with Gasteiger partial charge in [0, 0.05) is 12.5 Å². The lowest BCUT2D eigenvalue weighted by molar-refractivity contribution is -0.107. The summed E-state index contributed by atoms with van der Waals surface area (Å²) in [6.07, 6.45) is 5.13. The molecule has 78 valence electrons. The van der Waals surface area contributed by atoms with Gasteiger partial charge in [-0.1, -0.05) is 13.8 Å². The number of hydrogen-bond acceptors (Lipinski definition) is 2. The number of hydrogen-bond donors (Lipinski definition) is 0. The van der Waals surface area contributed by atoms with Gasteiger partial charge in [-0.2, -0.15) is 0 Å². The molecule has 0 aliphatic carbocycles. The Morgan fingerprint density at radius 1 is 1.31 bits per heavy atom. The zero-order valence-electron chi connectivity index (χ0n) is 9.25. The van der Waals surface area contributed by atoms with Crippen molar-refractivity contribution in [2.24, 2.45) is 0 Å². The molecule has 0 aliphatic rings. The van der Waals surface area contributed by atoms with Crippen LogP contribution in [0.4, 0.5) is 0 Å². The van der Waals surface area contributed by atoms with Crippen LogP contribution in [0, 0.1) is 0 Å². The molecule has 0 spiro atoms. The highest BCUT2D eigenvalue weighted by atomic mass is 16.1. The van der Waals surface area contributed by atoms with Crippen molar-refractivity contribution in [3.05, 3.63) is 0 Å². The molecule has 1 atom stereocenters. The van der Waals surface area contributed by atoms with E-state index >= 15 is 0 Å². The molecule has 0 rings (SSSR count). The van der Waals surface area contributed by atoms with Gasteiger partial charge in [-0.3, -0.25) is 0 Å². The van der Waals surface area contributed by atoms with Gasteiger partial charge >= 0.3 is 0 Å². The molecule has 0 bridgehead atoms. The Morgan fingerprint density at radius 2 is 2.00 bits per heavy atom. The first-order valence-corrected chi connectivity index (χ1v) is 5.43. The minimum Gasteiger partial charge on any atom is -0.303 e. The van der Waals surface area contributed by atoms with E-state index in [1.54, 1.807) is 0 Å². The van der Waals surface area contributed by atoms with Crippen LogP contribution in [0.25, 0.3) is 0 Å². The van der Waals surface area contributed by atoms with Crippen LogP contribution in [-0.2, 0) is 4.79 Å². The first kappa shape index (κ1) is 12.6. The largest absolute Gasteiger partial charge is 0.303 e. The maximum absolute atomic E-state index is 10.1. The van der Waals surface area contributed by atoms with E-state index in [9.17, 15) is 4.79 Å². The van der Waals surface area contributed by atoms with Gasteiger partial charge in [0.15, 0.2) is 0 Å². The Kier molecular flexibility index (Phi) is 8.00. The molecule has 0 aromatic carbocycles. The topological polar surface area (TPSA) is 20.3 Å². The average molecular weight is 185 g/mol. The predicted molar refractivity (Wildman–Crippen MR) is 56.9 cm³/mol. The van der Waals surface area contributed by atoms with Crippen LogP contribution < -0.4 is 0 Å². The second-order valence-corrected chi connectivity index (χ2v) is 3.55. The Morgan fingerprint density at radius 3 is 2.46 bits per heavy atom. The van der Waals surface area contributed by atoms with Crippen molar-refractivity contribution >= 4 is 6.29 Å². The molecule has 13 heavy (non-hydrogen) atoms. The molecule has 0 aromatic rings. The summed E-state index contributed by atoms with van der Waals surface area (Å²) in [6.45, 7) is 8.95. The van der Waals surface area contributed by atoms with E-state index in [0.29, 0.717) is 6.04 Å². The minimum absolute atomic E-state index is 0.682. The summed E-state index contributed by atoms with van der Waals surface area (Å²) in [5, 5.41) is 0. The molecule has 0 aliphatic heterocycles. The van der Waals surface area contributed by atoms with Crippen LogP contribution in [0.5, 0.6) is 0 Å². The van der Waals surface area contributed by atoms with Crippen molar-refractivity contribution in [1.29, 1.82) is 0 Å². The fourth-order valence-corrected chi connectivity index (χ4v) is 1.49. The summed E-state index contributed by atoms with van der Waals surface area (Å²) in [6, 6.07) is 0.682. The highest BCUT2D eigenvalue weighted by Gasteiger charge is 2.08. The normalized spacial score (nSPS) is 13.2. The maximum Gasteiger partial charge on any atom is 0.119 e. The van der Waals surface area contributed by atoms with Crippen molar-refractivity contribution in [3.8, 4) is 0 Å². The van der Waals surface area contributed by atoms with Crippen LogP contribution in [0.3, 0.4) is 0 Å². The molecule has 0 aromatic heterocycles. The molecule has 1 unspecified atom stereocenters. The molecule has 2 nitrogen and oxygen atoms in total. The highest BCUT2D eigenvalue weighted by Crippen LogP contribution is 2.05. The summed E-state index contributed by atoms with van der Waals surface area (Å²) < 4.78 is 0. The van der Waals surface area contributed by atoms with Gasteiger partial charge in [0.2, 0.25) is 0 Å². The van der Waals surface area contributed by atoms with Gasteiger partial charge in [-0.25, -0.2) is 0 Å². The highest BCUT2D eigenvalue weighted by molar-refractivity contribution is 5.48. The van der Waals surface area contributed by atoms with Crippen molar-refractivity contribution in [2.45, 2.75) is 52.5 Å². The quantitative estimate of drug-likeness (QED) is 0.428. The first-order chi connectivity index (χ1) is 6.26. The van der Waals surface area contributed by atoms with E-state index < -0.39 is 0 Å². The van der Waals surface area contributed by atoms with Gasteiger partial charge in [0.05, 0.1) is 0 Å². The van der Waals surface area contributed by atoms with Crippen LogP contribution in [0.15, 0.2) is 0 Å². The molecule has 0 saturated heterocycles. The van der Waals surface area contributed by atoms with Gasteiger partial charge < -0.3 is 9.69 Å². The molecule has 2 heteroatoms. The summed E-state index contributed by atoms with van der Waals surface area (Å²) in [5.74, 6) is 0. The fourth-order valence-electron chi connectivity index (χ4n) is 1.49. The van der Waals surface area contributed by atoms with Crippen LogP contribution in [0.1, 0.15) is 46.5 Å². The lowest BCUT2D eigenvalue weighted by Gasteiger charge is -2.26. The third-order valence-corrected chi connectivity index (χ3v) is 2.64.